The lowest BCUT2D eigenvalue weighted by atomic mass is 9.69. The molecular weight excluding hydrogens is 495 g/mol. The Morgan fingerprint density at radius 1 is 1.16 bits per heavy atom. The molecule has 1 saturated carbocycles. The Bertz CT molecular complexity index is 1610. The maximum Gasteiger partial charge on any atom is 0.119 e. The van der Waals surface area contributed by atoms with Crippen LogP contribution in [0.4, 0.5) is 11.4 Å². The summed E-state index contributed by atoms with van der Waals surface area (Å²) in [5.74, 6) is 0. The predicted molar refractivity (Wildman–Crippen MR) is 149 cm³/mol. The average molecular weight is 521 g/mol. The minimum Gasteiger partial charge on any atom is -0.383 e. The van der Waals surface area contributed by atoms with Crippen LogP contribution in [0.5, 0.6) is 0 Å². The zero-order valence-electron chi connectivity index (χ0n) is 21.5. The first-order valence-electron chi connectivity index (χ1n) is 12.4. The Labute approximate surface area is 228 Å². The second-order valence-electron chi connectivity index (χ2n) is 10.9. The molecule has 8 nitrogen and oxygen atoms in total. The molecule has 0 aliphatic heterocycles. The first-order valence-corrected chi connectivity index (χ1v) is 12.8. The summed E-state index contributed by atoms with van der Waals surface area (Å²) in [6.07, 6.45) is 5.48. The number of halogens is 1. The van der Waals surface area contributed by atoms with Crippen molar-refractivity contribution in [2.75, 3.05) is 17.2 Å². The second kappa shape index (κ2) is 9.66. The maximum atomic E-state index is 9.79. The summed E-state index contributed by atoms with van der Waals surface area (Å²) in [6.45, 7) is 6.98. The molecule has 0 bridgehead atoms. The van der Waals surface area contributed by atoms with E-state index < -0.39 is 5.44 Å². The zero-order chi connectivity index (χ0) is 27.1. The van der Waals surface area contributed by atoms with Gasteiger partial charge in [-0.3, -0.25) is 4.98 Å². The molecule has 0 spiro atoms. The van der Waals surface area contributed by atoms with Crippen molar-refractivity contribution in [2.45, 2.75) is 45.1 Å². The minimum atomic E-state index is -1.32. The van der Waals surface area contributed by atoms with E-state index >= 15 is 0 Å². The van der Waals surface area contributed by atoms with Gasteiger partial charge in [0.1, 0.15) is 19.6 Å². The molecule has 0 saturated heterocycles. The molecule has 2 N–H and O–H groups in total. The van der Waals surface area contributed by atoms with Gasteiger partial charge in [-0.05, 0) is 48.1 Å². The second-order valence-corrected chi connectivity index (χ2v) is 11.3. The summed E-state index contributed by atoms with van der Waals surface area (Å²) in [5, 5.41) is 35.9. The van der Waals surface area contributed by atoms with Gasteiger partial charge in [0, 0.05) is 23.8 Å². The van der Waals surface area contributed by atoms with Crippen molar-refractivity contribution in [3.63, 3.8) is 0 Å². The number of anilines is 2. The van der Waals surface area contributed by atoms with Crippen LogP contribution >= 0.6 is 11.6 Å². The molecule has 5 rings (SSSR count). The van der Waals surface area contributed by atoms with Crippen LogP contribution in [0, 0.1) is 28.1 Å². The molecular formula is C28H26BClN8. The van der Waals surface area contributed by atoms with Crippen LogP contribution < -0.4 is 10.6 Å². The number of rotatable bonds is 7. The van der Waals surface area contributed by atoms with Gasteiger partial charge in [0.15, 0.2) is 0 Å². The standard InChI is InChI=1S/C28H26BClN8/c1-27(2,3)16-34-25-18(13-32)14-33-26-22(25)10-20(11-23(26)30)35-28(29,19-6-4-5-17(9-19)12-31)24-15-38(37-36-24)21-7-8-21/h4-6,9-11,14-15,21,35H,7-8,16H2,1-3H3,(H,33,34). The van der Waals surface area contributed by atoms with Crippen molar-refractivity contribution < 1.29 is 0 Å². The number of nitrogens with one attached hydrogen (secondary N) is 2. The Morgan fingerprint density at radius 2 is 1.95 bits per heavy atom. The van der Waals surface area contributed by atoms with Gasteiger partial charge in [0.05, 0.1) is 51.1 Å². The zero-order valence-corrected chi connectivity index (χ0v) is 22.2. The van der Waals surface area contributed by atoms with Gasteiger partial charge in [-0.2, -0.15) is 10.5 Å². The van der Waals surface area contributed by atoms with Crippen molar-refractivity contribution in [1.29, 1.82) is 10.5 Å². The normalized spacial score (nSPS) is 14.9. The van der Waals surface area contributed by atoms with Crippen LogP contribution in [0.3, 0.4) is 0 Å². The molecule has 188 valence electrons. The first-order chi connectivity index (χ1) is 18.1. The summed E-state index contributed by atoms with van der Waals surface area (Å²) < 4.78 is 1.83. The number of aromatic nitrogens is 4. The van der Waals surface area contributed by atoms with Crippen LogP contribution in [0.25, 0.3) is 10.9 Å². The van der Waals surface area contributed by atoms with Gasteiger partial charge in [0.25, 0.3) is 0 Å². The molecule has 1 unspecified atom stereocenters. The van der Waals surface area contributed by atoms with Gasteiger partial charge >= 0.3 is 0 Å². The topological polar surface area (TPSA) is 115 Å². The molecule has 1 atom stereocenters. The highest BCUT2D eigenvalue weighted by Gasteiger charge is 2.34. The van der Waals surface area contributed by atoms with Crippen LogP contribution in [0.1, 0.15) is 62.0 Å². The lowest BCUT2D eigenvalue weighted by Gasteiger charge is -2.32. The summed E-state index contributed by atoms with van der Waals surface area (Å²) in [5.41, 5.74) is 2.53. The monoisotopic (exact) mass is 520 g/mol. The molecule has 2 aromatic carbocycles. The molecule has 4 aromatic rings. The Hall–Kier alpha value is -4.08. The summed E-state index contributed by atoms with van der Waals surface area (Å²) >= 11 is 6.71. The average Bonchev–Trinajstić information content (AvgIpc) is 3.62. The number of hydrogen-bond acceptors (Lipinski definition) is 7. The molecule has 0 amide bonds. The minimum absolute atomic E-state index is 0.0203. The van der Waals surface area contributed by atoms with Gasteiger partial charge in [0.2, 0.25) is 0 Å². The third-order valence-electron chi connectivity index (χ3n) is 6.46. The van der Waals surface area contributed by atoms with Gasteiger partial charge < -0.3 is 10.6 Å². The summed E-state index contributed by atoms with van der Waals surface area (Å²) in [6, 6.07) is 15.4. The molecule has 1 fully saturated rings. The highest BCUT2D eigenvalue weighted by Crippen LogP contribution is 2.38. The fraction of sp³-hybridized carbons (Fsp3) is 0.321. The van der Waals surface area contributed by atoms with Crippen LogP contribution in [-0.4, -0.2) is 34.4 Å². The van der Waals surface area contributed by atoms with Crippen molar-refractivity contribution in [2.24, 2.45) is 5.41 Å². The Balaban J connectivity index is 1.64. The third-order valence-corrected chi connectivity index (χ3v) is 6.75. The number of fused-ring (bicyclic) bond motifs is 1. The van der Waals surface area contributed by atoms with Crippen LogP contribution in [0.2, 0.25) is 5.02 Å². The number of hydrogen-bond donors (Lipinski definition) is 2. The molecule has 1 aliphatic carbocycles. The van der Waals surface area contributed by atoms with Crippen molar-refractivity contribution >= 4 is 41.7 Å². The highest BCUT2D eigenvalue weighted by atomic mass is 35.5. The lowest BCUT2D eigenvalue weighted by Crippen LogP contribution is -2.38. The number of benzene rings is 2. The molecule has 1 aliphatic rings. The fourth-order valence-electron chi connectivity index (χ4n) is 4.28. The van der Waals surface area contributed by atoms with Crippen molar-refractivity contribution in [1.82, 2.24) is 20.0 Å². The van der Waals surface area contributed by atoms with E-state index in [0.717, 1.165) is 12.8 Å². The van der Waals surface area contributed by atoms with Crippen molar-refractivity contribution in [3.8, 4) is 12.1 Å². The van der Waals surface area contributed by atoms with E-state index in [4.69, 9.17) is 19.4 Å². The van der Waals surface area contributed by atoms with E-state index in [1.54, 1.807) is 24.3 Å². The molecule has 10 heteroatoms. The largest absolute Gasteiger partial charge is 0.383 e. The smallest absolute Gasteiger partial charge is 0.119 e. The molecule has 2 aromatic heterocycles. The van der Waals surface area contributed by atoms with Gasteiger partial charge in [-0.25, -0.2) is 4.68 Å². The lowest BCUT2D eigenvalue weighted by molar-refractivity contribution is 0.443. The number of nitriles is 2. The number of nitrogens with zero attached hydrogens (tertiary/aromatic N) is 6. The van der Waals surface area contributed by atoms with E-state index in [-0.39, 0.29) is 5.41 Å². The van der Waals surface area contributed by atoms with E-state index in [2.05, 4.69) is 58.8 Å². The highest BCUT2D eigenvalue weighted by molar-refractivity contribution is 6.36. The quantitative estimate of drug-likeness (QED) is 0.309. The fourth-order valence-corrected chi connectivity index (χ4v) is 4.55. The molecule has 2 radical (unpaired) electrons. The van der Waals surface area contributed by atoms with Gasteiger partial charge in [-0.15, -0.1) is 5.10 Å². The van der Waals surface area contributed by atoms with Crippen LogP contribution in [-0.2, 0) is 5.44 Å². The van der Waals surface area contributed by atoms with E-state index in [0.29, 0.717) is 62.3 Å². The molecule has 38 heavy (non-hydrogen) atoms. The van der Waals surface area contributed by atoms with Crippen molar-refractivity contribution in [3.05, 3.63) is 76.2 Å². The van der Waals surface area contributed by atoms with Gasteiger partial charge in [-0.1, -0.05) is 49.7 Å². The SMILES string of the molecule is [B]C(Nc1cc(Cl)c2ncc(C#N)c(NCC(C)(C)C)c2c1)(c1cccc(C#N)c1)c1cn(C2CC2)nn1. The van der Waals surface area contributed by atoms with E-state index in [9.17, 15) is 10.5 Å². The Morgan fingerprint density at radius 3 is 2.63 bits per heavy atom. The first kappa shape index (κ1) is 25.6. The van der Waals surface area contributed by atoms with Crippen LogP contribution in [0.15, 0.2) is 48.8 Å². The summed E-state index contributed by atoms with van der Waals surface area (Å²) in [4.78, 5) is 4.45. The molecule has 2 heterocycles. The number of pyridine rings is 1. The predicted octanol–water partition coefficient (Wildman–Crippen LogP) is 5.50. The third kappa shape index (κ3) is 5.03. The van der Waals surface area contributed by atoms with E-state index in [1.165, 1.54) is 6.20 Å². The maximum absolute atomic E-state index is 9.79. The summed E-state index contributed by atoms with van der Waals surface area (Å²) in [7, 11) is 7.07. The van der Waals surface area contributed by atoms with E-state index in [1.807, 2.05) is 23.0 Å². The Kier molecular flexibility index (Phi) is 6.50.